The number of fused-ring (bicyclic) bond motifs is 3. The zero-order valence-corrected chi connectivity index (χ0v) is 13.6. The van der Waals surface area contributed by atoms with E-state index in [9.17, 15) is 9.59 Å². The fourth-order valence-corrected chi connectivity index (χ4v) is 3.66. The number of esters is 1. The Labute approximate surface area is 146 Å². The van der Waals surface area contributed by atoms with Crippen LogP contribution in [0.5, 0.6) is 0 Å². The lowest BCUT2D eigenvalue weighted by atomic mass is 10.0. The van der Waals surface area contributed by atoms with Crippen LogP contribution in [0.2, 0.25) is 0 Å². The Morgan fingerprint density at radius 1 is 1.24 bits per heavy atom. The number of aromatic nitrogens is 4. The molecule has 0 unspecified atom stereocenters. The van der Waals surface area contributed by atoms with Crippen molar-refractivity contribution in [2.45, 2.75) is 31.5 Å². The summed E-state index contributed by atoms with van der Waals surface area (Å²) in [6.07, 6.45) is -0.792. The summed E-state index contributed by atoms with van der Waals surface area (Å²) in [6, 6.07) is 4.87. The van der Waals surface area contributed by atoms with Crippen LogP contribution in [0.25, 0.3) is 5.69 Å². The fourth-order valence-electron chi connectivity index (χ4n) is 3.35. The summed E-state index contributed by atoms with van der Waals surface area (Å²) in [5.41, 5.74) is 2.00. The number of nitrogens with zero attached hydrogens (tertiary/aromatic N) is 4. The van der Waals surface area contributed by atoms with Gasteiger partial charge in [-0.2, -0.15) is 4.68 Å². The van der Waals surface area contributed by atoms with Crippen LogP contribution in [0.4, 0.5) is 0 Å². The molecule has 1 aromatic heterocycles. The molecule has 5 rings (SSSR count). The number of cyclic esters (lactones) is 1. The Bertz CT molecular complexity index is 967. The first-order chi connectivity index (χ1) is 12.1. The lowest BCUT2D eigenvalue weighted by molar-refractivity contribution is -0.156. The van der Waals surface area contributed by atoms with E-state index in [1.807, 2.05) is 0 Å². The monoisotopic (exact) mass is 360 g/mol. The number of tetrazole rings is 1. The predicted octanol–water partition coefficient (Wildman–Crippen LogP) is 0.724. The van der Waals surface area contributed by atoms with Crippen LogP contribution in [0.1, 0.15) is 28.4 Å². The predicted molar refractivity (Wildman–Crippen MR) is 82.6 cm³/mol. The van der Waals surface area contributed by atoms with E-state index in [1.165, 1.54) is 9.36 Å². The van der Waals surface area contributed by atoms with Crippen LogP contribution in [0.15, 0.2) is 18.2 Å². The molecule has 3 aliphatic heterocycles. The molecule has 0 saturated carbocycles. The minimum atomic E-state index is -0.764. The van der Waals surface area contributed by atoms with Gasteiger partial charge < -0.3 is 14.2 Å². The van der Waals surface area contributed by atoms with Gasteiger partial charge in [0.1, 0.15) is 12.7 Å². The highest BCUT2D eigenvalue weighted by molar-refractivity contribution is 7.71. The van der Waals surface area contributed by atoms with Gasteiger partial charge in [0.15, 0.2) is 5.78 Å². The van der Waals surface area contributed by atoms with E-state index >= 15 is 0 Å². The topological polar surface area (TPSA) is 97.5 Å². The summed E-state index contributed by atoms with van der Waals surface area (Å²) in [4.78, 5) is 23.5. The average Bonchev–Trinajstić information content (AvgIpc) is 3.30. The zero-order valence-electron chi connectivity index (χ0n) is 12.8. The number of ketones is 1. The molecule has 9 nitrogen and oxygen atoms in total. The Kier molecular flexibility index (Phi) is 3.14. The van der Waals surface area contributed by atoms with Gasteiger partial charge in [-0.1, -0.05) is 0 Å². The molecule has 2 aromatic rings. The van der Waals surface area contributed by atoms with E-state index in [4.69, 9.17) is 26.4 Å². The molecular weight excluding hydrogens is 348 g/mol. The first-order valence-corrected chi connectivity index (χ1v) is 8.17. The van der Waals surface area contributed by atoms with E-state index < -0.39 is 6.29 Å². The second-order valence-electron chi connectivity index (χ2n) is 6.11. The van der Waals surface area contributed by atoms with Crippen LogP contribution in [-0.2, 0) is 25.6 Å². The molecule has 0 radical (unpaired) electrons. The Morgan fingerprint density at radius 2 is 2.12 bits per heavy atom. The SMILES string of the molecule is O=C1OCc2cc(-n3nnn([C@@H]4CC(=O)[C@@H]5OC[C@H]4O5)c3=S)ccc21. The lowest BCUT2D eigenvalue weighted by Crippen LogP contribution is -2.37. The van der Waals surface area contributed by atoms with Crippen molar-refractivity contribution in [3.05, 3.63) is 34.1 Å². The normalized spacial score (nSPS) is 27.4. The molecule has 2 bridgehead atoms. The molecular formula is C15H12N4O5S. The highest BCUT2D eigenvalue weighted by Crippen LogP contribution is 2.32. The van der Waals surface area contributed by atoms with Crippen molar-refractivity contribution < 1.29 is 23.8 Å². The molecule has 0 amide bonds. The summed E-state index contributed by atoms with van der Waals surface area (Å²) >= 11 is 5.49. The zero-order chi connectivity index (χ0) is 17.1. The Hall–Kier alpha value is -2.43. The molecule has 2 fully saturated rings. The standard InChI is InChI=1S/C15H12N4O5S/c20-11-4-10(12-6-23-14(11)24-12)19-15(25)18(16-17-19)8-1-2-9-7(3-8)5-22-13(9)21/h1-3,10,12,14H,4-6H2/t10-,12-,14-/m1/s1. The molecule has 0 spiro atoms. The van der Waals surface area contributed by atoms with Crippen molar-refractivity contribution in [2.24, 2.45) is 0 Å². The van der Waals surface area contributed by atoms with E-state index in [0.29, 0.717) is 22.6 Å². The van der Waals surface area contributed by atoms with Crippen molar-refractivity contribution >= 4 is 24.0 Å². The smallest absolute Gasteiger partial charge is 0.338 e. The van der Waals surface area contributed by atoms with Gasteiger partial charge in [-0.05, 0) is 40.8 Å². The average molecular weight is 360 g/mol. The Morgan fingerprint density at radius 3 is 3.00 bits per heavy atom. The van der Waals surface area contributed by atoms with Gasteiger partial charge in [0.2, 0.25) is 11.1 Å². The molecule has 0 aliphatic carbocycles. The van der Waals surface area contributed by atoms with Gasteiger partial charge >= 0.3 is 5.97 Å². The van der Waals surface area contributed by atoms with E-state index in [1.54, 1.807) is 18.2 Å². The molecule has 25 heavy (non-hydrogen) atoms. The maximum atomic E-state index is 12.0. The summed E-state index contributed by atoms with van der Waals surface area (Å²) in [7, 11) is 0. The molecule has 2 saturated heterocycles. The number of Topliss-reactive ketones (excluding diaryl/α,β-unsaturated/α-hetero) is 1. The van der Waals surface area contributed by atoms with Gasteiger partial charge in [-0.15, -0.1) is 0 Å². The molecule has 4 heterocycles. The maximum Gasteiger partial charge on any atom is 0.338 e. The number of carbonyl (C=O) groups is 2. The van der Waals surface area contributed by atoms with Crippen molar-refractivity contribution in [3.63, 3.8) is 0 Å². The summed E-state index contributed by atoms with van der Waals surface area (Å²) in [6.45, 7) is 0.559. The second-order valence-corrected chi connectivity index (χ2v) is 6.48. The Balaban J connectivity index is 1.52. The second kappa shape index (κ2) is 5.28. The molecule has 10 heteroatoms. The van der Waals surface area contributed by atoms with Gasteiger partial charge in [0.25, 0.3) is 0 Å². The highest BCUT2D eigenvalue weighted by atomic mass is 32.1. The number of carbonyl (C=O) groups excluding carboxylic acids is 2. The third kappa shape index (κ3) is 2.18. The van der Waals surface area contributed by atoms with Crippen molar-refractivity contribution in [1.82, 2.24) is 19.8 Å². The van der Waals surface area contributed by atoms with E-state index in [2.05, 4.69) is 10.4 Å². The fraction of sp³-hybridized carbons (Fsp3) is 0.400. The first-order valence-electron chi connectivity index (χ1n) is 7.76. The number of hydrogen-bond acceptors (Lipinski definition) is 8. The van der Waals surface area contributed by atoms with Crippen LogP contribution in [-0.4, -0.2) is 50.5 Å². The third-order valence-corrected chi connectivity index (χ3v) is 5.00. The molecule has 128 valence electrons. The number of hydrogen-bond donors (Lipinski definition) is 0. The minimum absolute atomic E-state index is 0.122. The number of benzene rings is 1. The number of rotatable bonds is 2. The van der Waals surface area contributed by atoms with Gasteiger partial charge in [0.05, 0.1) is 23.9 Å². The third-order valence-electron chi connectivity index (χ3n) is 4.64. The lowest BCUT2D eigenvalue weighted by Gasteiger charge is -2.25. The molecule has 0 N–H and O–H groups in total. The molecule has 3 atom stereocenters. The van der Waals surface area contributed by atoms with E-state index in [-0.39, 0.29) is 36.9 Å². The van der Waals surface area contributed by atoms with Crippen molar-refractivity contribution in [1.29, 1.82) is 0 Å². The molecule has 3 aliphatic rings. The maximum absolute atomic E-state index is 12.0. The summed E-state index contributed by atoms with van der Waals surface area (Å²) in [5, 5.41) is 8.22. The highest BCUT2D eigenvalue weighted by Gasteiger charge is 2.45. The van der Waals surface area contributed by atoms with Gasteiger partial charge in [-0.25, -0.2) is 9.48 Å². The first kappa shape index (κ1) is 14.9. The van der Waals surface area contributed by atoms with Crippen molar-refractivity contribution in [2.75, 3.05) is 6.61 Å². The van der Waals surface area contributed by atoms with Crippen molar-refractivity contribution in [3.8, 4) is 5.69 Å². The quantitative estimate of drug-likeness (QED) is 0.571. The number of ether oxygens (including phenoxy) is 3. The van der Waals surface area contributed by atoms with Crippen LogP contribution in [0, 0.1) is 4.77 Å². The van der Waals surface area contributed by atoms with E-state index in [0.717, 1.165) is 5.56 Å². The largest absolute Gasteiger partial charge is 0.457 e. The molecule has 1 aromatic carbocycles. The van der Waals surface area contributed by atoms with Gasteiger partial charge in [0, 0.05) is 12.0 Å². The minimum Gasteiger partial charge on any atom is -0.457 e. The summed E-state index contributed by atoms with van der Waals surface area (Å²) < 4.78 is 19.2. The van der Waals surface area contributed by atoms with Gasteiger partial charge in [-0.3, -0.25) is 4.79 Å². The van der Waals surface area contributed by atoms with Crippen LogP contribution < -0.4 is 0 Å². The van der Waals surface area contributed by atoms with Crippen LogP contribution >= 0.6 is 12.2 Å². The van der Waals surface area contributed by atoms with Crippen LogP contribution in [0.3, 0.4) is 0 Å². The summed E-state index contributed by atoms with van der Waals surface area (Å²) in [5.74, 6) is -0.453.